The second-order valence-electron chi connectivity index (χ2n) is 4.78. The summed E-state index contributed by atoms with van der Waals surface area (Å²) in [4.78, 5) is 5.58. The van der Waals surface area contributed by atoms with E-state index in [-0.39, 0.29) is 23.3 Å². The highest BCUT2D eigenvalue weighted by molar-refractivity contribution is 6.29. The zero-order valence-electron chi connectivity index (χ0n) is 11.2. The lowest BCUT2D eigenvalue weighted by Gasteiger charge is -2.25. The maximum atomic E-state index is 12.8. The average Bonchev–Trinajstić information content (AvgIpc) is 2.32. The van der Waals surface area contributed by atoms with E-state index in [4.69, 9.17) is 16.9 Å². The summed E-state index contributed by atoms with van der Waals surface area (Å²) < 4.78 is 38.3. The molecular formula is C13H15ClF3N3. The summed E-state index contributed by atoms with van der Waals surface area (Å²) in [5.41, 5.74) is -0.835. The summed E-state index contributed by atoms with van der Waals surface area (Å²) in [5.74, 6) is 0.373. The Kier molecular flexibility index (Phi) is 5.63. The Morgan fingerprint density at radius 1 is 1.40 bits per heavy atom. The number of aromatic nitrogens is 1. The van der Waals surface area contributed by atoms with E-state index in [1.165, 1.54) is 0 Å². The van der Waals surface area contributed by atoms with E-state index >= 15 is 0 Å². The summed E-state index contributed by atoms with van der Waals surface area (Å²) >= 11 is 5.67. The number of nitriles is 1. The standard InChI is InChI=1S/C13H15ClF3N3/c1-9(2)8-20(5-3-4-18)12-7-10(13(15,16)17)6-11(14)19-12/h6-7,9H,3,5,8H2,1-2H3. The van der Waals surface area contributed by atoms with E-state index in [1.54, 1.807) is 4.90 Å². The number of hydrogen-bond donors (Lipinski definition) is 0. The summed E-state index contributed by atoms with van der Waals surface area (Å²) in [6.45, 7) is 4.70. The highest BCUT2D eigenvalue weighted by atomic mass is 35.5. The van der Waals surface area contributed by atoms with Crippen LogP contribution in [0.2, 0.25) is 5.15 Å². The first-order valence-corrected chi connectivity index (χ1v) is 6.48. The van der Waals surface area contributed by atoms with Crippen molar-refractivity contribution in [2.24, 2.45) is 5.92 Å². The zero-order chi connectivity index (χ0) is 15.3. The van der Waals surface area contributed by atoms with Crippen molar-refractivity contribution in [3.8, 4) is 6.07 Å². The van der Waals surface area contributed by atoms with Crippen LogP contribution in [0, 0.1) is 17.2 Å². The lowest BCUT2D eigenvalue weighted by atomic mass is 10.2. The second kappa shape index (κ2) is 6.80. The molecule has 1 rings (SSSR count). The molecule has 1 aromatic rings. The first-order valence-electron chi connectivity index (χ1n) is 6.10. The van der Waals surface area contributed by atoms with Gasteiger partial charge in [-0.1, -0.05) is 25.4 Å². The van der Waals surface area contributed by atoms with Crippen molar-refractivity contribution < 1.29 is 13.2 Å². The fraction of sp³-hybridized carbons (Fsp3) is 0.538. The zero-order valence-corrected chi connectivity index (χ0v) is 12.0. The fourth-order valence-corrected chi connectivity index (χ4v) is 1.94. The molecule has 0 fully saturated rings. The van der Waals surface area contributed by atoms with Gasteiger partial charge in [0.25, 0.3) is 0 Å². The van der Waals surface area contributed by atoms with E-state index < -0.39 is 11.7 Å². The molecule has 3 nitrogen and oxygen atoms in total. The maximum absolute atomic E-state index is 12.8. The number of anilines is 1. The Labute approximate surface area is 121 Å². The fourth-order valence-electron chi connectivity index (χ4n) is 1.73. The molecule has 0 aliphatic heterocycles. The lowest BCUT2D eigenvalue weighted by molar-refractivity contribution is -0.137. The highest BCUT2D eigenvalue weighted by Gasteiger charge is 2.32. The number of pyridine rings is 1. The molecule has 0 radical (unpaired) electrons. The first-order chi connectivity index (χ1) is 9.24. The maximum Gasteiger partial charge on any atom is 0.416 e. The SMILES string of the molecule is CC(C)CN(CCC#N)c1cc(C(F)(F)F)cc(Cl)n1. The number of nitrogens with zero attached hydrogens (tertiary/aromatic N) is 3. The van der Waals surface area contributed by atoms with Crippen molar-refractivity contribution in [3.63, 3.8) is 0 Å². The second-order valence-corrected chi connectivity index (χ2v) is 5.17. The van der Waals surface area contributed by atoms with Gasteiger partial charge in [0.2, 0.25) is 0 Å². The number of halogens is 4. The monoisotopic (exact) mass is 305 g/mol. The van der Waals surface area contributed by atoms with Gasteiger partial charge in [-0.2, -0.15) is 18.4 Å². The Morgan fingerprint density at radius 3 is 2.55 bits per heavy atom. The summed E-state index contributed by atoms with van der Waals surface area (Å²) in [6, 6.07) is 3.73. The predicted molar refractivity (Wildman–Crippen MR) is 71.5 cm³/mol. The van der Waals surface area contributed by atoms with Crippen molar-refractivity contribution in [3.05, 3.63) is 22.8 Å². The van der Waals surface area contributed by atoms with Crippen LogP contribution in [0.4, 0.5) is 19.0 Å². The average molecular weight is 306 g/mol. The van der Waals surface area contributed by atoms with Crippen LogP contribution in [0.3, 0.4) is 0 Å². The van der Waals surface area contributed by atoms with E-state index in [2.05, 4.69) is 4.98 Å². The van der Waals surface area contributed by atoms with Crippen molar-refractivity contribution in [2.45, 2.75) is 26.4 Å². The quantitative estimate of drug-likeness (QED) is 0.768. The molecule has 0 atom stereocenters. The molecule has 0 N–H and O–H groups in total. The van der Waals surface area contributed by atoms with Crippen molar-refractivity contribution in [1.29, 1.82) is 5.26 Å². The van der Waals surface area contributed by atoms with E-state index in [0.29, 0.717) is 13.1 Å². The number of alkyl halides is 3. The molecule has 0 amide bonds. The minimum Gasteiger partial charge on any atom is -0.355 e. The van der Waals surface area contributed by atoms with Gasteiger partial charge in [0.15, 0.2) is 0 Å². The van der Waals surface area contributed by atoms with E-state index in [9.17, 15) is 13.2 Å². The van der Waals surface area contributed by atoms with Crippen LogP contribution in [0.5, 0.6) is 0 Å². The summed E-state index contributed by atoms with van der Waals surface area (Å²) in [6.07, 6.45) is -4.26. The molecular weight excluding hydrogens is 291 g/mol. The molecule has 0 unspecified atom stereocenters. The third-order valence-electron chi connectivity index (χ3n) is 2.51. The van der Waals surface area contributed by atoms with Crippen molar-refractivity contribution in [1.82, 2.24) is 4.98 Å². The van der Waals surface area contributed by atoms with Crippen LogP contribution < -0.4 is 4.90 Å². The first kappa shape index (κ1) is 16.6. The highest BCUT2D eigenvalue weighted by Crippen LogP contribution is 2.33. The van der Waals surface area contributed by atoms with Gasteiger partial charge in [0.1, 0.15) is 11.0 Å². The lowest BCUT2D eigenvalue weighted by Crippen LogP contribution is -2.29. The van der Waals surface area contributed by atoms with Gasteiger partial charge in [-0.15, -0.1) is 0 Å². The minimum absolute atomic E-state index is 0.147. The van der Waals surface area contributed by atoms with Crippen LogP contribution >= 0.6 is 11.6 Å². The smallest absolute Gasteiger partial charge is 0.355 e. The molecule has 1 aromatic heterocycles. The van der Waals surface area contributed by atoms with E-state index in [0.717, 1.165) is 12.1 Å². The summed E-state index contributed by atoms with van der Waals surface area (Å²) in [5, 5.41) is 8.42. The van der Waals surface area contributed by atoms with Crippen LogP contribution in [0.25, 0.3) is 0 Å². The molecule has 0 saturated carbocycles. The molecule has 1 heterocycles. The molecule has 0 spiro atoms. The van der Waals surface area contributed by atoms with Gasteiger partial charge >= 0.3 is 6.18 Å². The molecule has 0 aliphatic carbocycles. The normalized spacial score (nSPS) is 11.5. The van der Waals surface area contributed by atoms with E-state index in [1.807, 2.05) is 19.9 Å². The molecule has 0 aliphatic rings. The van der Waals surface area contributed by atoms with Gasteiger partial charge in [0, 0.05) is 13.1 Å². The molecule has 0 aromatic carbocycles. The van der Waals surface area contributed by atoms with Gasteiger partial charge in [-0.3, -0.25) is 0 Å². The van der Waals surface area contributed by atoms with Crippen LogP contribution in [0.1, 0.15) is 25.8 Å². The Morgan fingerprint density at radius 2 is 2.05 bits per heavy atom. The van der Waals surface area contributed by atoms with Crippen molar-refractivity contribution in [2.75, 3.05) is 18.0 Å². The third kappa shape index (κ3) is 4.89. The molecule has 110 valence electrons. The Bertz CT molecular complexity index is 495. The summed E-state index contributed by atoms with van der Waals surface area (Å²) in [7, 11) is 0. The molecule has 0 saturated heterocycles. The Hall–Kier alpha value is -1.48. The van der Waals surface area contributed by atoms with Gasteiger partial charge < -0.3 is 4.90 Å². The molecule has 20 heavy (non-hydrogen) atoms. The number of rotatable bonds is 5. The largest absolute Gasteiger partial charge is 0.416 e. The minimum atomic E-state index is -4.47. The molecule has 7 heteroatoms. The van der Waals surface area contributed by atoms with Gasteiger partial charge in [0.05, 0.1) is 18.1 Å². The van der Waals surface area contributed by atoms with Crippen molar-refractivity contribution >= 4 is 17.4 Å². The van der Waals surface area contributed by atoms with Gasteiger partial charge in [-0.05, 0) is 18.1 Å². The Balaban J connectivity index is 3.12. The third-order valence-corrected chi connectivity index (χ3v) is 2.70. The van der Waals surface area contributed by atoms with Gasteiger partial charge in [-0.25, -0.2) is 4.98 Å². The molecule has 0 bridgehead atoms. The van der Waals surface area contributed by atoms with Crippen LogP contribution in [-0.4, -0.2) is 18.1 Å². The topological polar surface area (TPSA) is 39.9 Å². The predicted octanol–water partition coefficient (Wildman–Crippen LogP) is 4.13. The van der Waals surface area contributed by atoms with Crippen LogP contribution in [-0.2, 0) is 6.18 Å². The number of hydrogen-bond acceptors (Lipinski definition) is 3. The van der Waals surface area contributed by atoms with Crippen LogP contribution in [0.15, 0.2) is 12.1 Å².